The van der Waals surface area contributed by atoms with Crippen LogP contribution in [-0.2, 0) is 0 Å². The van der Waals surface area contributed by atoms with E-state index in [0.717, 1.165) is 0 Å². The SMILES string of the molecule is CCN([SiH2]N[SiH2]N(CC)C(C)C)C(C)C. The van der Waals surface area contributed by atoms with E-state index in [2.05, 4.69) is 55.3 Å². The van der Waals surface area contributed by atoms with Gasteiger partial charge in [-0.1, -0.05) is 41.5 Å². The van der Waals surface area contributed by atoms with Crippen LogP contribution in [0.25, 0.3) is 0 Å². The molecule has 0 atom stereocenters. The van der Waals surface area contributed by atoms with Crippen LogP contribution in [0.1, 0.15) is 41.5 Å². The maximum Gasteiger partial charge on any atom is 0.164 e. The summed E-state index contributed by atoms with van der Waals surface area (Å²) in [4.78, 5) is 0. The zero-order chi connectivity index (χ0) is 11.8. The molecule has 0 aromatic heterocycles. The molecule has 0 aliphatic carbocycles. The van der Waals surface area contributed by atoms with E-state index in [9.17, 15) is 0 Å². The van der Waals surface area contributed by atoms with Crippen LogP contribution < -0.4 is 4.65 Å². The van der Waals surface area contributed by atoms with Gasteiger partial charge in [-0.25, -0.2) is 0 Å². The first kappa shape index (κ1) is 15.3. The molecular weight excluding hydrogens is 218 g/mol. The monoisotopic (exact) mass is 247 g/mol. The van der Waals surface area contributed by atoms with Crippen molar-refractivity contribution in [2.24, 2.45) is 0 Å². The van der Waals surface area contributed by atoms with Crippen LogP contribution in [0.4, 0.5) is 0 Å². The first-order valence-electron chi connectivity index (χ1n) is 6.21. The second-order valence-electron chi connectivity index (χ2n) is 4.56. The highest BCUT2D eigenvalue weighted by atomic mass is 28.3. The van der Waals surface area contributed by atoms with Crippen LogP contribution in [0.2, 0.25) is 0 Å². The number of nitrogens with one attached hydrogen (secondary N) is 1. The summed E-state index contributed by atoms with van der Waals surface area (Å²) in [7, 11) is -0.406. The molecule has 0 fully saturated rings. The third kappa shape index (κ3) is 6.47. The summed E-state index contributed by atoms with van der Waals surface area (Å²) in [5.41, 5.74) is 0. The Morgan fingerprint density at radius 2 is 1.20 bits per heavy atom. The molecule has 0 saturated carbocycles. The largest absolute Gasteiger partial charge is 0.345 e. The van der Waals surface area contributed by atoms with Gasteiger partial charge in [0.2, 0.25) is 0 Å². The fourth-order valence-electron chi connectivity index (χ4n) is 1.66. The lowest BCUT2D eigenvalue weighted by molar-refractivity contribution is 0.376. The van der Waals surface area contributed by atoms with E-state index in [0.29, 0.717) is 12.1 Å². The van der Waals surface area contributed by atoms with Gasteiger partial charge in [-0.3, -0.25) is 0 Å². The third-order valence-corrected chi connectivity index (χ3v) is 7.86. The highest BCUT2D eigenvalue weighted by Crippen LogP contribution is 1.94. The Labute approximate surface area is 101 Å². The van der Waals surface area contributed by atoms with E-state index in [4.69, 9.17) is 0 Å². The Morgan fingerprint density at radius 1 is 0.867 bits per heavy atom. The van der Waals surface area contributed by atoms with Crippen LogP contribution in [-0.4, -0.2) is 54.0 Å². The number of nitrogens with zero attached hydrogens (tertiary/aromatic N) is 2. The normalized spacial score (nSPS) is 14.0. The standard InChI is InChI=1S/C10H29N3Si2/c1-7-12(9(3)4)14-11-15-13(8-2)10(5)6/h9-11H,7-8,14-15H2,1-6H3. The Hall–Kier alpha value is 0.314. The molecule has 3 nitrogen and oxygen atoms in total. The first-order chi connectivity index (χ1) is 7.02. The summed E-state index contributed by atoms with van der Waals surface area (Å²) in [6, 6.07) is 1.41. The first-order valence-corrected chi connectivity index (χ1v) is 8.89. The van der Waals surface area contributed by atoms with Crippen molar-refractivity contribution in [2.75, 3.05) is 13.1 Å². The molecule has 0 aromatic carbocycles. The molecule has 0 aliphatic rings. The minimum absolute atomic E-state index is 0.203. The van der Waals surface area contributed by atoms with Gasteiger partial charge < -0.3 is 13.8 Å². The van der Waals surface area contributed by atoms with Crippen molar-refractivity contribution in [3.8, 4) is 0 Å². The molecule has 0 heterocycles. The molecule has 0 bridgehead atoms. The van der Waals surface area contributed by atoms with Crippen LogP contribution in [0.5, 0.6) is 0 Å². The zero-order valence-corrected chi connectivity index (χ0v) is 14.2. The minimum atomic E-state index is -0.203. The van der Waals surface area contributed by atoms with Gasteiger partial charge in [0.05, 0.1) is 0 Å². The van der Waals surface area contributed by atoms with Crippen LogP contribution >= 0.6 is 0 Å². The Kier molecular flexibility index (Phi) is 8.64. The van der Waals surface area contributed by atoms with Crippen molar-refractivity contribution in [1.82, 2.24) is 13.8 Å². The quantitative estimate of drug-likeness (QED) is 0.611. The van der Waals surface area contributed by atoms with Crippen molar-refractivity contribution in [2.45, 2.75) is 53.6 Å². The van der Waals surface area contributed by atoms with Crippen LogP contribution in [0.15, 0.2) is 0 Å². The van der Waals surface area contributed by atoms with Crippen molar-refractivity contribution in [1.29, 1.82) is 0 Å². The fourth-order valence-corrected chi connectivity index (χ4v) is 5.53. The smallest absolute Gasteiger partial charge is 0.164 e. The van der Waals surface area contributed by atoms with Gasteiger partial charge in [-0.15, -0.1) is 0 Å². The second-order valence-corrected chi connectivity index (χ2v) is 8.82. The molecule has 0 amide bonds. The van der Waals surface area contributed by atoms with Gasteiger partial charge in [-0.2, -0.15) is 0 Å². The average molecular weight is 248 g/mol. The molecule has 1 N–H and O–H groups in total. The van der Waals surface area contributed by atoms with Gasteiger partial charge in [0, 0.05) is 0 Å². The van der Waals surface area contributed by atoms with E-state index >= 15 is 0 Å². The minimum Gasteiger partial charge on any atom is -0.345 e. The van der Waals surface area contributed by atoms with E-state index in [1.807, 2.05) is 0 Å². The topological polar surface area (TPSA) is 18.5 Å². The summed E-state index contributed by atoms with van der Waals surface area (Å²) in [6.07, 6.45) is 0. The Balaban J connectivity index is 3.75. The van der Waals surface area contributed by atoms with Gasteiger partial charge in [0.15, 0.2) is 19.7 Å². The molecule has 0 aliphatic heterocycles. The molecule has 0 radical (unpaired) electrons. The molecular formula is C10H29N3Si2. The number of hydrogen-bond acceptors (Lipinski definition) is 3. The Bertz CT molecular complexity index is 138. The lowest BCUT2D eigenvalue weighted by atomic mass is 10.4. The average Bonchev–Trinajstić information content (AvgIpc) is 2.17. The number of hydrogen-bond donors (Lipinski definition) is 1. The fraction of sp³-hybridized carbons (Fsp3) is 1.00. The van der Waals surface area contributed by atoms with E-state index in [1.165, 1.54) is 13.1 Å². The summed E-state index contributed by atoms with van der Waals surface area (Å²) in [5.74, 6) is 0. The molecule has 0 aromatic rings. The van der Waals surface area contributed by atoms with Crippen molar-refractivity contribution >= 4 is 19.7 Å². The molecule has 0 rings (SSSR count). The second kappa shape index (κ2) is 8.46. The van der Waals surface area contributed by atoms with Crippen molar-refractivity contribution in [3.05, 3.63) is 0 Å². The molecule has 0 saturated heterocycles. The molecule has 92 valence electrons. The van der Waals surface area contributed by atoms with Gasteiger partial charge in [-0.05, 0) is 25.2 Å². The molecule has 0 unspecified atom stereocenters. The lowest BCUT2D eigenvalue weighted by Gasteiger charge is -2.28. The van der Waals surface area contributed by atoms with Gasteiger partial charge in [0.1, 0.15) is 0 Å². The zero-order valence-electron chi connectivity index (χ0n) is 11.4. The molecule has 0 spiro atoms. The van der Waals surface area contributed by atoms with Crippen LogP contribution in [0, 0.1) is 0 Å². The Morgan fingerprint density at radius 3 is 1.40 bits per heavy atom. The van der Waals surface area contributed by atoms with Crippen molar-refractivity contribution < 1.29 is 0 Å². The maximum atomic E-state index is 3.78. The highest BCUT2D eigenvalue weighted by molar-refractivity contribution is 6.47. The predicted octanol–water partition coefficient (Wildman–Crippen LogP) is 0.0342. The summed E-state index contributed by atoms with van der Waals surface area (Å²) >= 11 is 0. The van der Waals surface area contributed by atoms with Crippen LogP contribution in [0.3, 0.4) is 0 Å². The summed E-state index contributed by atoms with van der Waals surface area (Å²) in [5, 5.41) is 0. The van der Waals surface area contributed by atoms with Gasteiger partial charge in [0.25, 0.3) is 0 Å². The number of rotatable bonds is 8. The summed E-state index contributed by atoms with van der Waals surface area (Å²) in [6.45, 7) is 16.1. The van der Waals surface area contributed by atoms with E-state index in [1.54, 1.807) is 0 Å². The van der Waals surface area contributed by atoms with E-state index in [-0.39, 0.29) is 19.7 Å². The third-order valence-electron chi connectivity index (χ3n) is 2.90. The molecule has 5 heteroatoms. The maximum absolute atomic E-state index is 3.78. The molecule has 15 heavy (non-hydrogen) atoms. The van der Waals surface area contributed by atoms with Gasteiger partial charge >= 0.3 is 0 Å². The lowest BCUT2D eigenvalue weighted by Crippen LogP contribution is -2.50. The van der Waals surface area contributed by atoms with Crippen molar-refractivity contribution in [3.63, 3.8) is 0 Å². The predicted molar refractivity (Wildman–Crippen MR) is 75.3 cm³/mol. The van der Waals surface area contributed by atoms with E-state index < -0.39 is 0 Å². The highest BCUT2D eigenvalue weighted by Gasteiger charge is 2.09. The summed E-state index contributed by atoms with van der Waals surface area (Å²) < 4.78 is 8.98.